The number of anilines is 2. The van der Waals surface area contributed by atoms with E-state index in [1.807, 2.05) is 6.07 Å². The van der Waals surface area contributed by atoms with Crippen LogP contribution in [0.25, 0.3) is 0 Å². The van der Waals surface area contributed by atoms with Gasteiger partial charge in [-0.25, -0.2) is 4.98 Å². The second-order valence-electron chi connectivity index (χ2n) is 3.33. The topological polar surface area (TPSA) is 81.6 Å². The van der Waals surface area contributed by atoms with Gasteiger partial charge in [0.15, 0.2) is 5.82 Å². The lowest BCUT2D eigenvalue weighted by Crippen LogP contribution is -2.14. The number of aromatic amines is 1. The van der Waals surface area contributed by atoms with Crippen molar-refractivity contribution >= 4 is 23.1 Å². The normalized spacial score (nSPS) is 9.83. The third kappa shape index (κ3) is 2.31. The van der Waals surface area contributed by atoms with Gasteiger partial charge >= 0.3 is 0 Å². The molecule has 0 bridgehead atoms. The number of H-pyrrole nitrogens is 1. The van der Waals surface area contributed by atoms with Gasteiger partial charge in [-0.05, 0) is 18.2 Å². The molecule has 1 aromatic carbocycles. The van der Waals surface area contributed by atoms with Crippen molar-refractivity contribution in [2.24, 2.45) is 0 Å². The summed E-state index contributed by atoms with van der Waals surface area (Å²) in [5.74, 6) is -1.26. The van der Waals surface area contributed by atoms with Gasteiger partial charge in [0.25, 0.3) is 5.56 Å². The first kappa shape index (κ1) is 12.1. The number of aromatic nitrogens is 2. The quantitative estimate of drug-likeness (QED) is 0.871. The van der Waals surface area contributed by atoms with E-state index in [0.29, 0.717) is 11.3 Å². The Morgan fingerprint density at radius 2 is 2.28 bits per heavy atom. The molecule has 0 atom stereocenters. The maximum Gasteiger partial charge on any atom is 0.289 e. The highest BCUT2D eigenvalue weighted by atomic mass is 35.5. The van der Waals surface area contributed by atoms with Gasteiger partial charge in [-0.3, -0.25) is 4.79 Å². The highest BCUT2D eigenvalue weighted by Gasteiger charge is 2.09. The number of nitrogens with zero attached hydrogens (tertiary/aromatic N) is 2. The predicted molar refractivity (Wildman–Crippen MR) is 64.3 cm³/mol. The summed E-state index contributed by atoms with van der Waals surface area (Å²) in [6.07, 6.45) is 1.07. The van der Waals surface area contributed by atoms with Crippen molar-refractivity contribution in [3.63, 3.8) is 0 Å². The molecule has 2 aromatic rings. The van der Waals surface area contributed by atoms with Crippen molar-refractivity contribution in [2.45, 2.75) is 0 Å². The molecule has 7 heteroatoms. The van der Waals surface area contributed by atoms with Crippen molar-refractivity contribution in [3.05, 3.63) is 51.3 Å². The molecule has 2 N–H and O–H groups in total. The smallest absolute Gasteiger partial charge is 0.289 e. The summed E-state index contributed by atoms with van der Waals surface area (Å²) in [5, 5.41) is 11.5. The summed E-state index contributed by atoms with van der Waals surface area (Å²) in [6.45, 7) is 0. The Bertz CT molecular complexity index is 692. The van der Waals surface area contributed by atoms with Crippen molar-refractivity contribution in [3.8, 4) is 6.07 Å². The zero-order valence-corrected chi connectivity index (χ0v) is 9.62. The first-order chi connectivity index (χ1) is 8.61. The van der Waals surface area contributed by atoms with E-state index in [1.165, 1.54) is 18.2 Å². The molecule has 0 aliphatic rings. The van der Waals surface area contributed by atoms with E-state index < -0.39 is 11.4 Å². The molecule has 0 unspecified atom stereocenters. The van der Waals surface area contributed by atoms with Gasteiger partial charge in [-0.2, -0.15) is 9.65 Å². The molecule has 5 nitrogen and oxygen atoms in total. The Morgan fingerprint density at radius 1 is 1.50 bits per heavy atom. The number of hydrogen-bond donors (Lipinski definition) is 2. The maximum atomic E-state index is 13.4. The van der Waals surface area contributed by atoms with Gasteiger partial charge in [0, 0.05) is 0 Å². The van der Waals surface area contributed by atoms with Crippen LogP contribution in [0.3, 0.4) is 0 Å². The fourth-order valence-electron chi connectivity index (χ4n) is 1.28. The zero-order chi connectivity index (χ0) is 13.1. The third-order valence-corrected chi connectivity index (χ3v) is 2.46. The summed E-state index contributed by atoms with van der Waals surface area (Å²) in [5.41, 5.74) is -0.144. The summed E-state index contributed by atoms with van der Waals surface area (Å²) >= 11 is 5.90. The molecule has 0 spiro atoms. The van der Waals surface area contributed by atoms with Crippen LogP contribution in [0, 0.1) is 17.1 Å². The summed E-state index contributed by atoms with van der Waals surface area (Å²) in [4.78, 5) is 16.8. The second-order valence-corrected chi connectivity index (χ2v) is 3.73. The number of benzene rings is 1. The molecule has 2 rings (SSSR count). The third-order valence-electron chi connectivity index (χ3n) is 2.15. The molecular formula is C11H6ClFN4O. The van der Waals surface area contributed by atoms with Crippen LogP contribution < -0.4 is 10.9 Å². The van der Waals surface area contributed by atoms with Gasteiger partial charge in [-0.1, -0.05) is 11.6 Å². The van der Waals surface area contributed by atoms with E-state index in [1.54, 1.807) is 0 Å². The lowest BCUT2D eigenvalue weighted by Gasteiger charge is -2.07. The van der Waals surface area contributed by atoms with Gasteiger partial charge in [0.1, 0.15) is 0 Å². The fraction of sp³-hybridized carbons (Fsp3) is 0. The molecule has 0 aliphatic heterocycles. The molecule has 0 aliphatic carbocycles. The standard InChI is InChI=1S/C11H6ClFN4O/c12-7-3-6(4-14)1-2-8(7)17-10-9(13)11(18)16-5-15-10/h1-3,5H,(H2,15,16,17,18). The molecule has 0 radical (unpaired) electrons. The Morgan fingerprint density at radius 3 is 2.94 bits per heavy atom. The van der Waals surface area contributed by atoms with E-state index in [0.717, 1.165) is 6.33 Å². The second kappa shape index (κ2) is 4.85. The molecule has 90 valence electrons. The lowest BCUT2D eigenvalue weighted by atomic mass is 10.2. The Labute approximate surface area is 106 Å². The molecule has 0 fully saturated rings. The van der Waals surface area contributed by atoms with Crippen molar-refractivity contribution in [2.75, 3.05) is 5.32 Å². The van der Waals surface area contributed by atoms with Gasteiger partial charge in [-0.15, -0.1) is 0 Å². The van der Waals surface area contributed by atoms with Gasteiger partial charge in [0.05, 0.1) is 28.7 Å². The van der Waals surface area contributed by atoms with E-state index in [9.17, 15) is 9.18 Å². The minimum absolute atomic E-state index is 0.231. The van der Waals surface area contributed by atoms with E-state index in [2.05, 4.69) is 15.3 Å². The Kier molecular flexibility index (Phi) is 3.26. The first-order valence-corrected chi connectivity index (χ1v) is 5.19. The zero-order valence-electron chi connectivity index (χ0n) is 8.87. The predicted octanol–water partition coefficient (Wildman–Crippen LogP) is 2.18. The summed E-state index contributed by atoms with van der Waals surface area (Å²) < 4.78 is 13.4. The van der Waals surface area contributed by atoms with Crippen LogP contribution >= 0.6 is 11.6 Å². The molecule has 0 saturated carbocycles. The summed E-state index contributed by atoms with van der Waals surface area (Å²) in [7, 11) is 0. The molecule has 1 aromatic heterocycles. The maximum absolute atomic E-state index is 13.4. The molecule has 18 heavy (non-hydrogen) atoms. The number of nitriles is 1. The lowest BCUT2D eigenvalue weighted by molar-refractivity contribution is 0.605. The van der Waals surface area contributed by atoms with Crippen molar-refractivity contribution in [1.29, 1.82) is 5.26 Å². The number of hydrogen-bond acceptors (Lipinski definition) is 4. The fourth-order valence-corrected chi connectivity index (χ4v) is 1.51. The van der Waals surface area contributed by atoms with Crippen LogP contribution in [0.2, 0.25) is 5.02 Å². The van der Waals surface area contributed by atoms with E-state index >= 15 is 0 Å². The van der Waals surface area contributed by atoms with Gasteiger partial charge < -0.3 is 10.3 Å². The van der Waals surface area contributed by atoms with Crippen LogP contribution in [-0.4, -0.2) is 9.97 Å². The number of halogens is 2. The van der Waals surface area contributed by atoms with Crippen molar-refractivity contribution in [1.82, 2.24) is 9.97 Å². The van der Waals surface area contributed by atoms with Crippen LogP contribution in [0.4, 0.5) is 15.9 Å². The highest BCUT2D eigenvalue weighted by molar-refractivity contribution is 6.33. The summed E-state index contributed by atoms with van der Waals surface area (Å²) in [6, 6.07) is 6.36. The number of rotatable bonds is 2. The van der Waals surface area contributed by atoms with Crippen molar-refractivity contribution < 1.29 is 4.39 Å². The highest BCUT2D eigenvalue weighted by Crippen LogP contribution is 2.25. The Balaban J connectivity index is 2.38. The minimum Gasteiger partial charge on any atom is -0.336 e. The molecule has 0 saturated heterocycles. The van der Waals surface area contributed by atoms with E-state index in [-0.39, 0.29) is 10.8 Å². The molecular weight excluding hydrogens is 259 g/mol. The SMILES string of the molecule is N#Cc1ccc(Nc2nc[nH]c(=O)c2F)c(Cl)c1. The van der Waals surface area contributed by atoms with Crippen LogP contribution in [-0.2, 0) is 0 Å². The van der Waals surface area contributed by atoms with E-state index in [4.69, 9.17) is 16.9 Å². The van der Waals surface area contributed by atoms with Gasteiger partial charge in [0.2, 0.25) is 5.82 Å². The monoisotopic (exact) mass is 264 g/mol. The largest absolute Gasteiger partial charge is 0.336 e. The van der Waals surface area contributed by atoms with Crippen LogP contribution in [0.15, 0.2) is 29.3 Å². The Hall–Kier alpha value is -2.39. The van der Waals surface area contributed by atoms with Crippen LogP contribution in [0.5, 0.6) is 0 Å². The molecule has 0 amide bonds. The first-order valence-electron chi connectivity index (χ1n) is 4.81. The number of nitrogens with one attached hydrogen (secondary N) is 2. The van der Waals surface area contributed by atoms with Crippen LogP contribution in [0.1, 0.15) is 5.56 Å². The average molecular weight is 265 g/mol. The molecule has 1 heterocycles. The average Bonchev–Trinajstić information content (AvgIpc) is 2.37. The minimum atomic E-state index is -1.03.